The van der Waals surface area contributed by atoms with Crippen molar-refractivity contribution < 1.29 is 13.9 Å². The quantitative estimate of drug-likeness (QED) is 0.457. The number of hydrogen-bond donors (Lipinski definition) is 1. The summed E-state index contributed by atoms with van der Waals surface area (Å²) in [6.07, 6.45) is 3.36. The summed E-state index contributed by atoms with van der Waals surface area (Å²) in [4.78, 5) is 17.3. The molecule has 6 nitrogen and oxygen atoms in total. The highest BCUT2D eigenvalue weighted by molar-refractivity contribution is 5.79. The first-order valence-corrected chi connectivity index (χ1v) is 10.2. The van der Waals surface area contributed by atoms with Crippen molar-refractivity contribution in [2.24, 2.45) is 0 Å². The summed E-state index contributed by atoms with van der Waals surface area (Å²) in [5, 5.41) is 4.13. The molecule has 7 heteroatoms. The molecular weight excluding hydrogens is 409 g/mol. The maximum atomic E-state index is 13.9. The molecule has 0 radical (unpaired) electrons. The first-order chi connectivity index (χ1) is 15.6. The van der Waals surface area contributed by atoms with E-state index in [0.29, 0.717) is 42.2 Å². The molecule has 0 amide bonds. The zero-order chi connectivity index (χ0) is 22.5. The Morgan fingerprint density at radius 3 is 2.44 bits per heavy atom. The third kappa shape index (κ3) is 4.63. The van der Waals surface area contributed by atoms with Crippen LogP contribution in [0.15, 0.2) is 71.8 Å². The Hall–Kier alpha value is -3.71. The summed E-state index contributed by atoms with van der Waals surface area (Å²) in [7, 11) is 3.19. The Labute approximate surface area is 185 Å². The monoisotopic (exact) mass is 433 g/mol. The lowest BCUT2D eigenvalue weighted by atomic mass is 10.1. The van der Waals surface area contributed by atoms with Gasteiger partial charge in [-0.25, -0.2) is 4.39 Å². The number of benzene rings is 2. The third-order valence-corrected chi connectivity index (χ3v) is 5.32. The van der Waals surface area contributed by atoms with Gasteiger partial charge in [0.15, 0.2) is 11.5 Å². The number of ether oxygens (including phenoxy) is 2. The number of aromatic nitrogens is 2. The van der Waals surface area contributed by atoms with Crippen molar-refractivity contribution in [3.8, 4) is 11.5 Å². The fraction of sp³-hybridized carbons (Fsp3) is 0.200. The first-order valence-electron chi connectivity index (χ1n) is 10.2. The van der Waals surface area contributed by atoms with Crippen LogP contribution in [0.1, 0.15) is 16.7 Å². The van der Waals surface area contributed by atoms with Crippen molar-refractivity contribution in [2.45, 2.75) is 19.6 Å². The molecule has 0 aliphatic carbocycles. The Balaban J connectivity index is 1.61. The van der Waals surface area contributed by atoms with Gasteiger partial charge in [0.05, 0.1) is 26.3 Å². The van der Waals surface area contributed by atoms with Gasteiger partial charge in [0.25, 0.3) is 5.56 Å². The van der Waals surface area contributed by atoms with Gasteiger partial charge in [0.1, 0.15) is 5.82 Å². The van der Waals surface area contributed by atoms with E-state index >= 15 is 0 Å². The molecule has 4 rings (SSSR count). The van der Waals surface area contributed by atoms with Crippen LogP contribution in [0.2, 0.25) is 0 Å². The standard InChI is InChI=1S/C25H24FN3O3/c1-31-23-6-3-18(11-24(23)32-2)14-28-15-20-12-19-4-5-21(26)13-22(19)29(25(20)30)16-17-7-9-27-10-8-17/h3-13,28H,14-16H2,1-2H3. The minimum Gasteiger partial charge on any atom is -0.493 e. The fourth-order valence-electron chi connectivity index (χ4n) is 3.69. The lowest BCUT2D eigenvalue weighted by molar-refractivity contribution is 0.354. The van der Waals surface area contributed by atoms with E-state index in [9.17, 15) is 9.18 Å². The van der Waals surface area contributed by atoms with Crippen LogP contribution in [0.5, 0.6) is 11.5 Å². The molecule has 164 valence electrons. The topological polar surface area (TPSA) is 65.4 Å². The van der Waals surface area contributed by atoms with Crippen LogP contribution in [0.4, 0.5) is 4.39 Å². The van der Waals surface area contributed by atoms with Gasteiger partial charge in [0.2, 0.25) is 0 Å². The summed E-state index contributed by atoms with van der Waals surface area (Å²) in [6, 6.07) is 15.7. The van der Waals surface area contributed by atoms with Crippen molar-refractivity contribution in [2.75, 3.05) is 14.2 Å². The number of pyridine rings is 2. The van der Waals surface area contributed by atoms with Crippen molar-refractivity contribution in [3.63, 3.8) is 0 Å². The van der Waals surface area contributed by atoms with E-state index in [1.807, 2.05) is 36.4 Å². The van der Waals surface area contributed by atoms with Crippen LogP contribution in [-0.2, 0) is 19.6 Å². The van der Waals surface area contributed by atoms with Crippen molar-refractivity contribution in [1.82, 2.24) is 14.9 Å². The van der Waals surface area contributed by atoms with Crippen LogP contribution in [0, 0.1) is 5.82 Å². The Bertz CT molecular complexity index is 1290. The average molecular weight is 433 g/mol. The van der Waals surface area contributed by atoms with Gasteiger partial charge in [0, 0.05) is 31.0 Å². The van der Waals surface area contributed by atoms with Crippen LogP contribution >= 0.6 is 0 Å². The number of nitrogens with one attached hydrogen (secondary N) is 1. The second kappa shape index (κ2) is 9.62. The largest absolute Gasteiger partial charge is 0.493 e. The van der Waals surface area contributed by atoms with Crippen LogP contribution < -0.4 is 20.3 Å². The molecule has 32 heavy (non-hydrogen) atoms. The van der Waals surface area contributed by atoms with Crippen LogP contribution in [0.3, 0.4) is 0 Å². The molecule has 1 N–H and O–H groups in total. The number of nitrogens with zero attached hydrogens (tertiary/aromatic N) is 2. The summed E-state index contributed by atoms with van der Waals surface area (Å²) < 4.78 is 26.2. The second-order valence-corrected chi connectivity index (χ2v) is 7.41. The molecule has 0 fully saturated rings. The first kappa shape index (κ1) is 21.5. The second-order valence-electron chi connectivity index (χ2n) is 7.41. The molecule has 0 atom stereocenters. The zero-order valence-corrected chi connectivity index (χ0v) is 18.0. The fourth-order valence-corrected chi connectivity index (χ4v) is 3.69. The van der Waals surface area contributed by atoms with Gasteiger partial charge >= 0.3 is 0 Å². The molecule has 2 aromatic carbocycles. The highest BCUT2D eigenvalue weighted by atomic mass is 19.1. The minimum atomic E-state index is -0.375. The van der Waals surface area contributed by atoms with Crippen LogP contribution in [0.25, 0.3) is 10.9 Å². The van der Waals surface area contributed by atoms with Gasteiger partial charge in [-0.2, -0.15) is 0 Å². The van der Waals surface area contributed by atoms with Crippen molar-refractivity contribution in [3.05, 3.63) is 99.9 Å². The van der Waals surface area contributed by atoms with E-state index in [2.05, 4.69) is 10.3 Å². The predicted octanol–water partition coefficient (Wildman–Crippen LogP) is 3.89. The Morgan fingerprint density at radius 1 is 0.906 bits per heavy atom. The molecule has 0 spiro atoms. The van der Waals surface area contributed by atoms with Crippen LogP contribution in [-0.4, -0.2) is 23.8 Å². The molecule has 0 aliphatic heterocycles. The smallest absolute Gasteiger partial charge is 0.255 e. The SMILES string of the molecule is COc1ccc(CNCc2cc3ccc(F)cc3n(Cc3ccncc3)c2=O)cc1OC. The van der Waals surface area contributed by atoms with Gasteiger partial charge in [-0.3, -0.25) is 9.78 Å². The lowest BCUT2D eigenvalue weighted by Gasteiger charge is -2.14. The molecule has 0 aliphatic rings. The average Bonchev–Trinajstić information content (AvgIpc) is 2.82. The normalized spacial score (nSPS) is 11.0. The number of rotatable bonds is 8. The summed E-state index contributed by atoms with van der Waals surface area (Å²) in [5.74, 6) is 0.941. The van der Waals surface area contributed by atoms with E-state index in [4.69, 9.17) is 9.47 Å². The molecule has 2 heterocycles. The molecule has 0 bridgehead atoms. The highest BCUT2D eigenvalue weighted by Gasteiger charge is 2.11. The predicted molar refractivity (Wildman–Crippen MR) is 122 cm³/mol. The third-order valence-electron chi connectivity index (χ3n) is 5.32. The number of fused-ring (bicyclic) bond motifs is 1. The number of hydrogen-bond acceptors (Lipinski definition) is 5. The number of halogens is 1. The van der Waals surface area contributed by atoms with E-state index in [-0.39, 0.29) is 11.4 Å². The summed E-state index contributed by atoms with van der Waals surface area (Å²) >= 11 is 0. The molecule has 2 aromatic heterocycles. The minimum absolute atomic E-state index is 0.153. The summed E-state index contributed by atoms with van der Waals surface area (Å²) in [6.45, 7) is 1.26. The Kier molecular flexibility index (Phi) is 6.47. The van der Waals surface area contributed by atoms with E-state index in [1.165, 1.54) is 12.1 Å². The lowest BCUT2D eigenvalue weighted by Crippen LogP contribution is -2.28. The van der Waals surface area contributed by atoms with E-state index in [0.717, 1.165) is 16.5 Å². The van der Waals surface area contributed by atoms with Crippen molar-refractivity contribution >= 4 is 10.9 Å². The molecular formula is C25H24FN3O3. The van der Waals surface area contributed by atoms with Gasteiger partial charge < -0.3 is 19.4 Å². The maximum Gasteiger partial charge on any atom is 0.255 e. The van der Waals surface area contributed by atoms with Gasteiger partial charge in [-0.15, -0.1) is 0 Å². The van der Waals surface area contributed by atoms with Gasteiger partial charge in [-0.05, 0) is 65.0 Å². The molecule has 0 saturated carbocycles. The van der Waals surface area contributed by atoms with E-state index in [1.54, 1.807) is 37.2 Å². The number of methoxy groups -OCH3 is 2. The summed E-state index contributed by atoms with van der Waals surface area (Å²) in [5.41, 5.74) is 2.94. The van der Waals surface area contributed by atoms with Crippen molar-refractivity contribution in [1.29, 1.82) is 0 Å². The Morgan fingerprint density at radius 2 is 1.69 bits per heavy atom. The van der Waals surface area contributed by atoms with Gasteiger partial charge in [-0.1, -0.05) is 6.07 Å². The van der Waals surface area contributed by atoms with E-state index < -0.39 is 0 Å². The maximum absolute atomic E-state index is 13.9. The molecule has 0 saturated heterocycles. The molecule has 4 aromatic rings. The zero-order valence-electron chi connectivity index (χ0n) is 18.0. The highest BCUT2D eigenvalue weighted by Crippen LogP contribution is 2.27. The molecule has 0 unspecified atom stereocenters.